The molecular formula is C57H104N20O3. The van der Waals surface area contributed by atoms with Crippen LogP contribution in [0.1, 0.15) is 195 Å². The number of hydrogen-bond donors (Lipinski definition) is 0. The van der Waals surface area contributed by atoms with Crippen molar-refractivity contribution >= 4 is 5.91 Å². The first-order valence-corrected chi connectivity index (χ1v) is 27.4. The minimum atomic E-state index is -0.00926. The van der Waals surface area contributed by atoms with Crippen molar-refractivity contribution in [1.82, 2.24) is 78.8 Å². The van der Waals surface area contributed by atoms with E-state index in [1.54, 1.807) is 92.6 Å². The molecule has 9 rings (SSSR count). The molecule has 0 atom stereocenters. The Balaban J connectivity index is 0. The Labute approximate surface area is 479 Å². The highest BCUT2D eigenvalue weighted by atomic mass is 16.2. The summed E-state index contributed by atoms with van der Waals surface area (Å²) in [5, 5.41) is 45.1. The van der Waals surface area contributed by atoms with E-state index in [0.717, 1.165) is 19.1 Å². The molecule has 0 aromatic carbocycles. The zero-order chi connectivity index (χ0) is 58.6. The van der Waals surface area contributed by atoms with Crippen LogP contribution in [-0.2, 0) is 4.79 Å². The van der Waals surface area contributed by atoms with Crippen molar-refractivity contribution in [3.8, 4) is 0 Å². The lowest BCUT2D eigenvalue weighted by molar-refractivity contribution is -0.129. The van der Waals surface area contributed by atoms with Gasteiger partial charge in [-0.05, 0) is 163 Å². The van der Waals surface area contributed by atoms with Crippen LogP contribution in [0.15, 0.2) is 135 Å². The lowest BCUT2D eigenvalue weighted by Crippen LogP contribution is -2.35. The van der Waals surface area contributed by atoms with E-state index >= 15 is 0 Å². The van der Waals surface area contributed by atoms with Crippen molar-refractivity contribution < 1.29 is 4.79 Å². The van der Waals surface area contributed by atoms with E-state index in [1.165, 1.54) is 37.4 Å². The molecule has 6 aromatic heterocycles. The zero-order valence-electron chi connectivity index (χ0n) is 50.3. The van der Waals surface area contributed by atoms with E-state index in [0.29, 0.717) is 36.3 Å². The summed E-state index contributed by atoms with van der Waals surface area (Å²) in [4.78, 5) is 36.6. The van der Waals surface area contributed by atoms with Crippen molar-refractivity contribution in [2.45, 2.75) is 213 Å². The molecule has 0 aliphatic carbocycles. The minimum absolute atomic E-state index is 0. The van der Waals surface area contributed by atoms with Crippen molar-refractivity contribution in [1.29, 1.82) is 0 Å². The van der Waals surface area contributed by atoms with E-state index in [-0.39, 0.29) is 50.4 Å². The molecule has 1 amide bonds. The van der Waals surface area contributed by atoms with Gasteiger partial charge in [0.2, 0.25) is 0 Å². The first-order valence-electron chi connectivity index (χ1n) is 27.4. The molecule has 9 heterocycles. The summed E-state index contributed by atoms with van der Waals surface area (Å²) in [6.07, 6.45) is 23.9. The number of rotatable bonds is 9. The molecule has 80 heavy (non-hydrogen) atoms. The third-order valence-corrected chi connectivity index (χ3v) is 11.2. The van der Waals surface area contributed by atoms with Gasteiger partial charge in [-0.2, -0.15) is 30.3 Å². The van der Waals surface area contributed by atoms with Gasteiger partial charge in [0.15, 0.2) is 5.43 Å². The minimum Gasteiger partial charge on any atom is -0.352 e. The summed E-state index contributed by atoms with van der Waals surface area (Å²) in [7, 11) is 0. The third-order valence-electron chi connectivity index (χ3n) is 11.2. The average Bonchev–Trinajstić information content (AvgIpc) is 4.26. The maximum Gasteiger partial charge on any atom is 0.267 e. The summed E-state index contributed by atoms with van der Waals surface area (Å²) < 4.78 is 9.21. The van der Waals surface area contributed by atoms with Crippen molar-refractivity contribution in [2.75, 3.05) is 32.7 Å². The van der Waals surface area contributed by atoms with E-state index in [4.69, 9.17) is 0 Å². The fourth-order valence-electron chi connectivity index (χ4n) is 6.49. The van der Waals surface area contributed by atoms with Crippen LogP contribution in [0.3, 0.4) is 0 Å². The van der Waals surface area contributed by atoms with Gasteiger partial charge < -0.3 is 14.0 Å². The Bertz CT molecular complexity index is 2350. The highest BCUT2D eigenvalue weighted by Crippen LogP contribution is 2.11. The highest BCUT2D eigenvalue weighted by molar-refractivity contribution is 5.79. The summed E-state index contributed by atoms with van der Waals surface area (Å²) in [6.45, 7) is 42.0. The molecule has 6 aromatic rings. The Morgan fingerprint density at radius 3 is 1.25 bits per heavy atom. The van der Waals surface area contributed by atoms with Gasteiger partial charge in [-0.3, -0.25) is 33.4 Å². The maximum absolute atomic E-state index is 11.0. The molecule has 3 aliphatic rings. The van der Waals surface area contributed by atoms with Crippen LogP contribution in [0.5, 0.6) is 0 Å². The van der Waals surface area contributed by atoms with Gasteiger partial charge in [0, 0.05) is 104 Å². The standard InChI is InChI=1S/2C8H11NO.C8H17N.C6H10N2.C5H9N3O.C5H11N3.3C5H9N3.2CH4/c1-7(2)9-5-3-8(10)4-6-9;1-7(2)9-6-4-3-5-8(9)10;1-8(2)9-6-4-3-5-7-9;1-6(2)8-5-3-4-7-8;1-4(2)8-5(9)3-6-7-8;3*1-5(2)8-4-3-6-7-8;1-5(2)8-6-3-4-7-8;;/h2*3-7H,1-2H3;8H,3-7H2,1-2H3;3-6H,1-2H3;4H,3H2,1-2H3;5H,3-4H2,1-2H3;3*3-5H,1-2H3;2*1H4. The molecule has 0 unspecified atom stereocenters. The SMILES string of the molecule is C.C.CC(C)N1CCCCC1.CC(C)N1CCN=N1.CC(C)N1N=NCC1=O.CC(C)n1ccc(=O)cc1.CC(C)n1ccccc1=O.CC(C)n1cccn1.CC(C)n1ccnn1.CC(C)n1ccnn1.CC(C)n1nccn1. The van der Waals surface area contributed by atoms with Gasteiger partial charge in [-0.15, -0.1) is 10.2 Å². The van der Waals surface area contributed by atoms with E-state index in [9.17, 15) is 14.4 Å². The van der Waals surface area contributed by atoms with Crippen LogP contribution in [0, 0.1) is 0 Å². The lowest BCUT2D eigenvalue weighted by Gasteiger charge is -2.29. The van der Waals surface area contributed by atoms with Crippen LogP contribution in [0.4, 0.5) is 0 Å². The monoisotopic (exact) mass is 1120 g/mol. The van der Waals surface area contributed by atoms with Crippen LogP contribution < -0.4 is 11.0 Å². The first-order chi connectivity index (χ1) is 37.0. The molecule has 23 heteroatoms. The average molecular weight is 1120 g/mol. The van der Waals surface area contributed by atoms with Gasteiger partial charge in [0.1, 0.15) is 6.54 Å². The van der Waals surface area contributed by atoms with Crippen LogP contribution in [0.25, 0.3) is 0 Å². The molecule has 0 saturated carbocycles. The fraction of sp³-hybridized carbons (Fsp3) is 0.649. The van der Waals surface area contributed by atoms with Gasteiger partial charge in [-0.25, -0.2) is 5.01 Å². The molecule has 0 bridgehead atoms. The van der Waals surface area contributed by atoms with Crippen LogP contribution >= 0.6 is 0 Å². The molecule has 0 N–H and O–H groups in total. The predicted octanol–water partition coefficient (Wildman–Crippen LogP) is 11.7. The predicted molar refractivity (Wildman–Crippen MR) is 323 cm³/mol. The van der Waals surface area contributed by atoms with Crippen molar-refractivity contribution in [3.63, 3.8) is 0 Å². The van der Waals surface area contributed by atoms with E-state index < -0.39 is 0 Å². The number of likely N-dealkylation sites (tertiary alicyclic amines) is 1. The molecule has 1 saturated heterocycles. The Hall–Kier alpha value is -7.04. The van der Waals surface area contributed by atoms with Gasteiger partial charge in [0.25, 0.3) is 11.5 Å². The quantitative estimate of drug-likeness (QED) is 0.132. The molecule has 0 radical (unpaired) electrons. The largest absolute Gasteiger partial charge is 0.352 e. The Morgan fingerprint density at radius 2 is 0.988 bits per heavy atom. The zero-order valence-corrected chi connectivity index (χ0v) is 50.3. The number of hydrogen-bond acceptors (Lipinski definition) is 16. The summed E-state index contributed by atoms with van der Waals surface area (Å²) in [5.41, 5.74) is 0.134. The van der Waals surface area contributed by atoms with Crippen LogP contribution in [0.2, 0.25) is 0 Å². The maximum atomic E-state index is 11.0. The molecule has 0 spiro atoms. The molecule has 450 valence electrons. The second-order valence-corrected chi connectivity index (χ2v) is 20.7. The molecule has 3 aliphatic heterocycles. The molecular weight excluding hydrogens is 1010 g/mol. The summed E-state index contributed by atoms with van der Waals surface area (Å²) >= 11 is 0. The summed E-state index contributed by atoms with van der Waals surface area (Å²) in [6, 6.07) is 14.1. The number of nitrogens with zero attached hydrogens (tertiary/aromatic N) is 20. The number of piperidine rings is 1. The number of amides is 1. The van der Waals surface area contributed by atoms with E-state index in [1.807, 2.05) is 86.5 Å². The lowest BCUT2D eigenvalue weighted by atomic mass is 10.1. The highest BCUT2D eigenvalue weighted by Gasteiger charge is 2.20. The number of carbonyl (C=O) groups excluding carboxylic acids is 1. The smallest absolute Gasteiger partial charge is 0.267 e. The molecule has 23 nitrogen and oxygen atoms in total. The van der Waals surface area contributed by atoms with Gasteiger partial charge in [0.05, 0.1) is 50.0 Å². The second-order valence-electron chi connectivity index (χ2n) is 20.7. The molecule has 1 fully saturated rings. The van der Waals surface area contributed by atoms with Crippen molar-refractivity contribution in [2.24, 2.45) is 20.7 Å². The van der Waals surface area contributed by atoms with Gasteiger partial charge >= 0.3 is 0 Å². The Kier molecular flexibility index (Phi) is 40.2. The number of pyridine rings is 2. The second kappa shape index (κ2) is 42.8. The van der Waals surface area contributed by atoms with Gasteiger partial charge in [-0.1, -0.05) is 48.2 Å². The van der Waals surface area contributed by atoms with Crippen LogP contribution in [-0.4, -0.2) is 136 Å². The number of aromatic nitrogens is 13. The van der Waals surface area contributed by atoms with E-state index in [2.05, 4.69) is 145 Å². The topological polar surface area (TPSA) is 230 Å². The summed E-state index contributed by atoms with van der Waals surface area (Å²) in [5.74, 6) is -0.00926. The first kappa shape index (κ1) is 75.0. The Morgan fingerprint density at radius 1 is 0.438 bits per heavy atom. The number of carbonyl (C=O) groups is 1. The normalized spacial score (nSPS) is 13.2. The third kappa shape index (κ3) is 32.8. The fourth-order valence-corrected chi connectivity index (χ4v) is 6.49. The van der Waals surface area contributed by atoms with Crippen molar-refractivity contribution in [3.05, 3.63) is 125 Å².